The highest BCUT2D eigenvalue weighted by Gasteiger charge is 2.18. The van der Waals surface area contributed by atoms with Crippen molar-refractivity contribution in [2.24, 2.45) is 0 Å². The third-order valence-electron chi connectivity index (χ3n) is 3.51. The molecule has 0 radical (unpaired) electrons. The summed E-state index contributed by atoms with van der Waals surface area (Å²) in [5, 5.41) is 1.59. The lowest BCUT2D eigenvalue weighted by Gasteiger charge is -2.25. The van der Waals surface area contributed by atoms with Crippen molar-refractivity contribution in [3.05, 3.63) is 95.8 Å². The van der Waals surface area contributed by atoms with Crippen LogP contribution in [0.5, 0.6) is 0 Å². The smallest absolute Gasteiger partial charge is 0.281 e. The van der Waals surface area contributed by atoms with E-state index in [1.807, 2.05) is 60.7 Å². The van der Waals surface area contributed by atoms with Crippen LogP contribution in [-0.2, 0) is 6.54 Å². The zero-order valence-electron chi connectivity index (χ0n) is 13.2. The molecule has 0 saturated carbocycles. The summed E-state index contributed by atoms with van der Waals surface area (Å²) in [7, 11) is 0. The fourth-order valence-electron chi connectivity index (χ4n) is 2.33. The number of hydrazine groups is 1. The molecule has 0 saturated heterocycles. The number of nitrogens with one attached hydrogen (secondary N) is 1. The van der Waals surface area contributed by atoms with E-state index < -0.39 is 23.2 Å². The van der Waals surface area contributed by atoms with E-state index in [1.165, 1.54) is 0 Å². The zero-order valence-corrected chi connectivity index (χ0v) is 13.2. The number of anilines is 1. The van der Waals surface area contributed by atoms with Crippen LogP contribution in [0.4, 0.5) is 14.5 Å². The molecule has 0 fully saturated rings. The Morgan fingerprint density at radius 2 is 1.64 bits per heavy atom. The molecule has 0 unspecified atom stereocenters. The quantitative estimate of drug-likeness (QED) is 0.721. The molecule has 1 amide bonds. The first-order valence-corrected chi connectivity index (χ1v) is 7.62. The van der Waals surface area contributed by atoms with Crippen molar-refractivity contribution in [3.8, 4) is 0 Å². The van der Waals surface area contributed by atoms with E-state index in [4.69, 9.17) is 0 Å². The van der Waals surface area contributed by atoms with Crippen LogP contribution in [-0.4, -0.2) is 10.9 Å². The number of nitrogens with zero attached hydrogens (tertiary/aromatic N) is 2. The Balaban J connectivity index is 1.85. The van der Waals surface area contributed by atoms with E-state index >= 15 is 0 Å². The number of para-hydroxylation sites is 1. The van der Waals surface area contributed by atoms with Gasteiger partial charge in [-0.1, -0.05) is 48.5 Å². The van der Waals surface area contributed by atoms with Crippen molar-refractivity contribution in [2.45, 2.75) is 6.54 Å². The number of benzene rings is 2. The first-order chi connectivity index (χ1) is 12.1. The molecular weight excluding hydrogens is 324 g/mol. The first kappa shape index (κ1) is 16.6. The molecule has 0 bridgehead atoms. The van der Waals surface area contributed by atoms with Crippen molar-refractivity contribution in [1.29, 1.82) is 0 Å². The number of hydrogen-bond acceptors (Lipinski definition) is 3. The lowest BCUT2D eigenvalue weighted by Crippen LogP contribution is -2.42. The molecule has 1 aromatic heterocycles. The molecular formula is C19H15F2N3O. The number of carbonyl (C=O) groups is 1. The van der Waals surface area contributed by atoms with Gasteiger partial charge in [0.1, 0.15) is 5.82 Å². The van der Waals surface area contributed by atoms with Gasteiger partial charge in [-0.2, -0.15) is 0 Å². The van der Waals surface area contributed by atoms with Crippen LogP contribution >= 0.6 is 0 Å². The molecule has 126 valence electrons. The van der Waals surface area contributed by atoms with Crippen molar-refractivity contribution < 1.29 is 13.6 Å². The monoisotopic (exact) mass is 339 g/mol. The average Bonchev–Trinajstić information content (AvgIpc) is 2.62. The van der Waals surface area contributed by atoms with Crippen LogP contribution in [0.25, 0.3) is 0 Å². The van der Waals surface area contributed by atoms with Gasteiger partial charge in [-0.05, 0) is 17.7 Å². The number of aromatic nitrogens is 1. The van der Waals surface area contributed by atoms with Gasteiger partial charge in [0, 0.05) is 6.07 Å². The van der Waals surface area contributed by atoms with E-state index in [0.29, 0.717) is 12.6 Å². The van der Waals surface area contributed by atoms with Gasteiger partial charge in [0.05, 0.1) is 18.4 Å². The minimum absolute atomic E-state index is 0.374. The highest BCUT2D eigenvalue weighted by atomic mass is 19.1. The molecule has 4 nitrogen and oxygen atoms in total. The Bertz CT molecular complexity index is 857. The highest BCUT2D eigenvalue weighted by molar-refractivity contribution is 5.93. The number of carbonyl (C=O) groups excluding carboxylic acids is 1. The second-order valence-electron chi connectivity index (χ2n) is 5.33. The average molecular weight is 339 g/mol. The van der Waals surface area contributed by atoms with Crippen LogP contribution in [0.3, 0.4) is 0 Å². The molecule has 1 heterocycles. The van der Waals surface area contributed by atoms with Crippen LogP contribution < -0.4 is 10.4 Å². The Morgan fingerprint density at radius 3 is 2.28 bits per heavy atom. The predicted octanol–water partition coefficient (Wildman–Crippen LogP) is 3.71. The first-order valence-electron chi connectivity index (χ1n) is 7.62. The van der Waals surface area contributed by atoms with Crippen molar-refractivity contribution >= 4 is 11.6 Å². The van der Waals surface area contributed by atoms with Crippen molar-refractivity contribution in [2.75, 3.05) is 5.01 Å². The molecule has 1 N–H and O–H groups in total. The van der Waals surface area contributed by atoms with Crippen molar-refractivity contribution in [1.82, 2.24) is 10.4 Å². The highest BCUT2D eigenvalue weighted by Crippen LogP contribution is 2.15. The predicted molar refractivity (Wildman–Crippen MR) is 90.7 cm³/mol. The summed E-state index contributed by atoms with van der Waals surface area (Å²) < 4.78 is 26.8. The third kappa shape index (κ3) is 4.17. The molecule has 6 heteroatoms. The van der Waals surface area contributed by atoms with E-state index in [-0.39, 0.29) is 0 Å². The van der Waals surface area contributed by atoms with E-state index in [0.717, 1.165) is 17.4 Å². The molecule has 0 atom stereocenters. The number of amides is 1. The van der Waals surface area contributed by atoms with E-state index in [1.54, 1.807) is 5.01 Å². The van der Waals surface area contributed by atoms with Crippen LogP contribution in [0.1, 0.15) is 16.1 Å². The molecule has 25 heavy (non-hydrogen) atoms. The summed E-state index contributed by atoms with van der Waals surface area (Å²) in [6, 6.07) is 19.3. The van der Waals surface area contributed by atoms with Crippen LogP contribution in [0.2, 0.25) is 0 Å². The van der Waals surface area contributed by atoms with E-state index in [2.05, 4.69) is 10.4 Å². The van der Waals surface area contributed by atoms with Gasteiger partial charge in [-0.3, -0.25) is 15.2 Å². The lowest BCUT2D eigenvalue weighted by molar-refractivity contribution is 0.0938. The van der Waals surface area contributed by atoms with Crippen LogP contribution in [0.15, 0.2) is 72.9 Å². The largest absolute Gasteiger partial charge is 0.291 e. The number of rotatable bonds is 5. The zero-order chi connectivity index (χ0) is 17.6. The fraction of sp³-hybridized carbons (Fsp3) is 0.0526. The molecule has 0 spiro atoms. The molecule has 2 aromatic carbocycles. The topological polar surface area (TPSA) is 45.2 Å². The van der Waals surface area contributed by atoms with Crippen molar-refractivity contribution in [3.63, 3.8) is 0 Å². The molecule has 3 aromatic rings. The SMILES string of the molecule is O=C(NN(Cc1ccccc1)c1ccccc1)c1ncc(F)cc1F. The summed E-state index contributed by atoms with van der Waals surface area (Å²) in [6.45, 7) is 0.374. The minimum Gasteiger partial charge on any atom is -0.281 e. The number of halogens is 2. The second kappa shape index (κ2) is 7.53. The van der Waals surface area contributed by atoms with Gasteiger partial charge in [0.15, 0.2) is 11.5 Å². The van der Waals surface area contributed by atoms with Gasteiger partial charge in [-0.15, -0.1) is 0 Å². The molecule has 0 aliphatic rings. The van der Waals surface area contributed by atoms with Crippen LogP contribution in [0, 0.1) is 11.6 Å². The maximum atomic E-state index is 13.8. The summed E-state index contributed by atoms with van der Waals surface area (Å²) in [5.74, 6) is -2.60. The second-order valence-corrected chi connectivity index (χ2v) is 5.33. The van der Waals surface area contributed by atoms with Gasteiger partial charge >= 0.3 is 0 Å². The summed E-state index contributed by atoms with van der Waals surface area (Å²) in [6.07, 6.45) is 0.808. The standard InChI is InChI=1S/C19H15F2N3O/c20-15-11-17(21)18(22-12-15)19(25)23-24(16-9-5-2-6-10-16)13-14-7-3-1-4-8-14/h1-12H,13H2,(H,23,25). The minimum atomic E-state index is -1.01. The summed E-state index contributed by atoms with van der Waals surface area (Å²) in [4.78, 5) is 15.9. The normalized spacial score (nSPS) is 10.3. The van der Waals surface area contributed by atoms with Gasteiger partial charge in [-0.25, -0.2) is 13.8 Å². The molecule has 0 aliphatic carbocycles. The fourth-order valence-corrected chi connectivity index (χ4v) is 2.33. The third-order valence-corrected chi connectivity index (χ3v) is 3.51. The van der Waals surface area contributed by atoms with Gasteiger partial charge in [0.2, 0.25) is 0 Å². The van der Waals surface area contributed by atoms with Gasteiger partial charge < -0.3 is 0 Å². The van der Waals surface area contributed by atoms with E-state index in [9.17, 15) is 13.6 Å². The Labute approximate surface area is 143 Å². The Hall–Kier alpha value is -3.28. The number of pyridine rings is 1. The number of hydrogen-bond donors (Lipinski definition) is 1. The summed E-state index contributed by atoms with van der Waals surface area (Å²) >= 11 is 0. The Morgan fingerprint density at radius 1 is 1.00 bits per heavy atom. The molecule has 0 aliphatic heterocycles. The molecule has 3 rings (SSSR count). The van der Waals surface area contributed by atoms with Gasteiger partial charge in [0.25, 0.3) is 5.91 Å². The Kier molecular flexibility index (Phi) is 4.99. The summed E-state index contributed by atoms with van der Waals surface area (Å²) in [5.41, 5.74) is 3.85. The lowest BCUT2D eigenvalue weighted by atomic mass is 10.2. The maximum Gasteiger partial charge on any atom is 0.291 e. The maximum absolute atomic E-state index is 13.8.